The quantitative estimate of drug-likeness (QED) is 0.752. The number of ether oxygens (including phenoxy) is 1. The van der Waals surface area contributed by atoms with Gasteiger partial charge in [-0.15, -0.1) is 0 Å². The number of carbonyl (C=O) groups excluding carboxylic acids is 1. The zero-order valence-corrected chi connectivity index (χ0v) is 10.6. The maximum Gasteiger partial charge on any atom is 0.221 e. The van der Waals surface area contributed by atoms with Crippen molar-refractivity contribution in [3.05, 3.63) is 23.9 Å². The number of pyridine rings is 1. The van der Waals surface area contributed by atoms with Crippen LogP contribution in [0.25, 0.3) is 0 Å². The molecule has 0 aromatic carbocycles. The minimum absolute atomic E-state index is 0.0501. The van der Waals surface area contributed by atoms with E-state index >= 15 is 0 Å². The van der Waals surface area contributed by atoms with Crippen LogP contribution in [0.5, 0.6) is 5.88 Å². The number of methoxy groups -OCH3 is 1. The Kier molecular flexibility index (Phi) is 4.52. The van der Waals surface area contributed by atoms with Gasteiger partial charge in [0.15, 0.2) is 0 Å². The molecular formula is C13H19N3O2. The van der Waals surface area contributed by atoms with E-state index in [0.717, 1.165) is 12.1 Å². The Bertz CT molecular complexity index is 405. The van der Waals surface area contributed by atoms with Gasteiger partial charge in [0.05, 0.1) is 7.11 Å². The lowest BCUT2D eigenvalue weighted by molar-refractivity contribution is -0.121. The Hall–Kier alpha value is -1.62. The first kappa shape index (κ1) is 12.8. The third-order valence-electron chi connectivity index (χ3n) is 2.88. The third kappa shape index (κ3) is 4.00. The number of nitrogens with zero attached hydrogens (tertiary/aromatic N) is 1. The molecule has 1 aromatic rings. The van der Waals surface area contributed by atoms with Crippen LogP contribution in [-0.4, -0.2) is 30.6 Å². The van der Waals surface area contributed by atoms with Gasteiger partial charge >= 0.3 is 0 Å². The van der Waals surface area contributed by atoms with Crippen molar-refractivity contribution in [2.45, 2.75) is 31.8 Å². The molecule has 0 spiro atoms. The van der Waals surface area contributed by atoms with Crippen molar-refractivity contribution in [1.29, 1.82) is 0 Å². The Labute approximate surface area is 107 Å². The highest BCUT2D eigenvalue weighted by atomic mass is 16.5. The monoisotopic (exact) mass is 249 g/mol. The highest BCUT2D eigenvalue weighted by Crippen LogP contribution is 2.18. The number of nitrogens with one attached hydrogen (secondary N) is 2. The van der Waals surface area contributed by atoms with Gasteiger partial charge in [0.2, 0.25) is 11.8 Å². The standard InChI is InChI=1S/C13H19N3O2/c1-18-13-10(3-2-7-15-13)9-16-12(17)6-8-14-11-4-5-11/h2-3,7,11,14H,4-6,8-9H2,1H3,(H,16,17). The van der Waals surface area contributed by atoms with E-state index in [1.165, 1.54) is 12.8 Å². The predicted molar refractivity (Wildman–Crippen MR) is 68.3 cm³/mol. The summed E-state index contributed by atoms with van der Waals surface area (Å²) in [5, 5.41) is 6.18. The molecule has 1 aromatic heterocycles. The van der Waals surface area contributed by atoms with Crippen LogP contribution in [-0.2, 0) is 11.3 Å². The molecule has 1 saturated carbocycles. The fraction of sp³-hybridized carbons (Fsp3) is 0.538. The van der Waals surface area contributed by atoms with E-state index in [9.17, 15) is 4.79 Å². The number of hydrogen-bond acceptors (Lipinski definition) is 4. The summed E-state index contributed by atoms with van der Waals surface area (Å²) in [5.41, 5.74) is 0.892. The van der Waals surface area contributed by atoms with Crippen molar-refractivity contribution in [3.63, 3.8) is 0 Å². The number of hydrogen-bond donors (Lipinski definition) is 2. The molecule has 2 N–H and O–H groups in total. The van der Waals surface area contributed by atoms with E-state index in [1.807, 2.05) is 12.1 Å². The van der Waals surface area contributed by atoms with E-state index in [2.05, 4.69) is 15.6 Å². The zero-order valence-electron chi connectivity index (χ0n) is 10.6. The van der Waals surface area contributed by atoms with Gasteiger partial charge < -0.3 is 15.4 Å². The van der Waals surface area contributed by atoms with Gasteiger partial charge in [0.25, 0.3) is 0 Å². The second-order valence-electron chi connectivity index (χ2n) is 4.43. The summed E-state index contributed by atoms with van der Waals surface area (Å²) in [6, 6.07) is 4.38. The third-order valence-corrected chi connectivity index (χ3v) is 2.88. The van der Waals surface area contributed by atoms with Crippen LogP contribution >= 0.6 is 0 Å². The van der Waals surface area contributed by atoms with Crippen LogP contribution in [0.1, 0.15) is 24.8 Å². The van der Waals surface area contributed by atoms with Crippen LogP contribution in [0.4, 0.5) is 0 Å². The molecule has 1 fully saturated rings. The van der Waals surface area contributed by atoms with Crippen molar-refractivity contribution in [2.24, 2.45) is 0 Å². The van der Waals surface area contributed by atoms with Gasteiger partial charge in [-0.2, -0.15) is 0 Å². The lowest BCUT2D eigenvalue weighted by Gasteiger charge is -2.08. The summed E-state index contributed by atoms with van der Waals surface area (Å²) in [7, 11) is 1.58. The van der Waals surface area contributed by atoms with Crippen LogP contribution < -0.4 is 15.4 Å². The van der Waals surface area contributed by atoms with E-state index in [-0.39, 0.29) is 5.91 Å². The lowest BCUT2D eigenvalue weighted by Crippen LogP contribution is -2.28. The van der Waals surface area contributed by atoms with Crippen LogP contribution in [0.2, 0.25) is 0 Å². The largest absolute Gasteiger partial charge is 0.481 e. The first-order valence-corrected chi connectivity index (χ1v) is 6.27. The van der Waals surface area contributed by atoms with Gasteiger partial charge in [-0.25, -0.2) is 4.98 Å². The maximum atomic E-state index is 11.6. The number of aromatic nitrogens is 1. The summed E-state index contributed by atoms with van der Waals surface area (Å²) in [6.07, 6.45) is 4.67. The molecule has 0 saturated heterocycles. The minimum Gasteiger partial charge on any atom is -0.481 e. The molecule has 0 atom stereocenters. The van der Waals surface area contributed by atoms with E-state index in [1.54, 1.807) is 13.3 Å². The molecular weight excluding hydrogens is 230 g/mol. The van der Waals surface area contributed by atoms with Gasteiger partial charge in [-0.1, -0.05) is 6.07 Å². The second kappa shape index (κ2) is 6.35. The Morgan fingerprint density at radius 2 is 2.39 bits per heavy atom. The highest BCUT2D eigenvalue weighted by Gasteiger charge is 2.20. The summed E-state index contributed by atoms with van der Waals surface area (Å²) in [4.78, 5) is 15.7. The topological polar surface area (TPSA) is 63.2 Å². The van der Waals surface area contributed by atoms with E-state index in [4.69, 9.17) is 4.74 Å². The van der Waals surface area contributed by atoms with Crippen LogP contribution in [0, 0.1) is 0 Å². The molecule has 2 rings (SSSR count). The van der Waals surface area contributed by atoms with Gasteiger partial charge in [-0.3, -0.25) is 4.79 Å². The fourth-order valence-corrected chi connectivity index (χ4v) is 1.70. The number of amides is 1. The van der Waals surface area contributed by atoms with Crippen molar-refractivity contribution in [3.8, 4) is 5.88 Å². The molecule has 1 amide bonds. The van der Waals surface area contributed by atoms with Crippen molar-refractivity contribution < 1.29 is 9.53 Å². The van der Waals surface area contributed by atoms with Crippen LogP contribution in [0.15, 0.2) is 18.3 Å². The second-order valence-corrected chi connectivity index (χ2v) is 4.43. The van der Waals surface area contributed by atoms with Crippen LogP contribution in [0.3, 0.4) is 0 Å². The first-order chi connectivity index (χ1) is 8.79. The molecule has 1 heterocycles. The summed E-state index contributed by atoms with van der Waals surface area (Å²) >= 11 is 0. The predicted octanol–water partition coefficient (Wildman–Crippen LogP) is 0.848. The summed E-state index contributed by atoms with van der Waals surface area (Å²) in [6.45, 7) is 1.21. The molecule has 0 radical (unpaired) electrons. The molecule has 1 aliphatic carbocycles. The van der Waals surface area contributed by atoms with Gasteiger partial charge in [0.1, 0.15) is 0 Å². The molecule has 0 aliphatic heterocycles. The fourth-order valence-electron chi connectivity index (χ4n) is 1.70. The summed E-state index contributed by atoms with van der Waals surface area (Å²) < 4.78 is 5.12. The molecule has 0 bridgehead atoms. The van der Waals surface area contributed by atoms with Crippen molar-refractivity contribution in [2.75, 3.05) is 13.7 Å². The van der Waals surface area contributed by atoms with Gasteiger partial charge in [0, 0.05) is 37.3 Å². The molecule has 0 unspecified atom stereocenters. The molecule has 18 heavy (non-hydrogen) atoms. The normalized spacial score (nSPS) is 14.3. The molecule has 1 aliphatic rings. The Morgan fingerprint density at radius 3 is 3.11 bits per heavy atom. The molecule has 5 heteroatoms. The number of carbonyl (C=O) groups is 1. The Morgan fingerprint density at radius 1 is 1.56 bits per heavy atom. The van der Waals surface area contributed by atoms with E-state index in [0.29, 0.717) is 24.9 Å². The summed E-state index contributed by atoms with van der Waals surface area (Å²) in [5.74, 6) is 0.614. The van der Waals surface area contributed by atoms with Crippen molar-refractivity contribution in [1.82, 2.24) is 15.6 Å². The smallest absolute Gasteiger partial charge is 0.221 e. The average molecular weight is 249 g/mol. The Balaban J connectivity index is 1.70. The first-order valence-electron chi connectivity index (χ1n) is 6.27. The molecule has 98 valence electrons. The van der Waals surface area contributed by atoms with E-state index < -0.39 is 0 Å². The highest BCUT2D eigenvalue weighted by molar-refractivity contribution is 5.76. The SMILES string of the molecule is COc1ncccc1CNC(=O)CCNC1CC1. The average Bonchev–Trinajstić information content (AvgIpc) is 3.21. The van der Waals surface area contributed by atoms with Gasteiger partial charge in [-0.05, 0) is 18.9 Å². The zero-order chi connectivity index (χ0) is 12.8. The maximum absolute atomic E-state index is 11.6. The molecule has 5 nitrogen and oxygen atoms in total. The lowest BCUT2D eigenvalue weighted by atomic mass is 10.2. The number of rotatable bonds is 7. The minimum atomic E-state index is 0.0501. The van der Waals surface area contributed by atoms with Crippen molar-refractivity contribution >= 4 is 5.91 Å².